The fourth-order valence-corrected chi connectivity index (χ4v) is 21.9. The van der Waals surface area contributed by atoms with Crippen LogP contribution in [-0.4, -0.2) is 9.13 Å². The van der Waals surface area contributed by atoms with Gasteiger partial charge in [-0.3, -0.25) is 0 Å². The highest BCUT2D eigenvalue weighted by atomic mass is 16.3. The number of rotatable bonds is 16. The number of benzene rings is 24. The second-order valence-electron chi connectivity index (χ2n) is 36.9. The molecule has 4 aromatic heterocycles. The van der Waals surface area contributed by atoms with Crippen LogP contribution < -0.4 is 9.80 Å². The van der Waals surface area contributed by atoms with E-state index in [9.17, 15) is 0 Å². The Labute approximate surface area is 820 Å². The summed E-state index contributed by atoms with van der Waals surface area (Å²) >= 11 is 0. The normalized spacial score (nSPS) is 11.7. The molecule has 6 heteroatoms. The van der Waals surface area contributed by atoms with E-state index in [1.54, 1.807) is 0 Å². The standard InChI is InChI=1S/2C68H44N2O/c1-2-17-55-51(14-1)43-63(57-19-4-3-18-56(55)57)60-22-7-9-24-64(60)69(53-37-30-47(31-38-53)50-34-41-62-61-23-8-12-27-67(61)71-68(62)44-50)52-35-28-45(29-36-52)48-15-13-16-49(42-48)46-32-39-54(40-33-46)70-65-25-10-5-20-58(65)59-21-6-11-26-66(59)70;1-2-18-57-52(13-1)43-64(59-20-4-3-19-58(57)59)51-16-12-17-56(42-51)69(54-36-29-47(30-37-54)50-33-40-63-62-23-7-10-26-67(62)71-68(63)44-50)53-34-27-45(28-35-53)48-14-11-15-49(41-48)46-31-38-55(39-32-46)70-65-24-8-5-21-60(65)61-22-6-9-25-66(61)70/h2*1-44H. The molecule has 0 unspecified atom stereocenters. The largest absolute Gasteiger partial charge is 0.456 e. The van der Waals surface area contributed by atoms with Gasteiger partial charge in [0.25, 0.3) is 0 Å². The van der Waals surface area contributed by atoms with Crippen LogP contribution in [0.1, 0.15) is 0 Å². The molecule has 6 nitrogen and oxygen atoms in total. The van der Waals surface area contributed by atoms with E-state index in [1.807, 2.05) is 24.3 Å². The second kappa shape index (κ2) is 34.7. The number of furan rings is 2. The Kier molecular flexibility index (Phi) is 20.2. The number of hydrogen-bond acceptors (Lipinski definition) is 4. The first-order valence-corrected chi connectivity index (χ1v) is 48.6. The quantitative estimate of drug-likeness (QED) is 0.0904. The van der Waals surface area contributed by atoms with Gasteiger partial charge in [-0.1, -0.05) is 358 Å². The molecule has 0 fully saturated rings. The van der Waals surface area contributed by atoms with Crippen LogP contribution in [0, 0.1) is 0 Å². The molecule has 0 atom stereocenters. The van der Waals surface area contributed by atoms with Gasteiger partial charge < -0.3 is 27.8 Å². The van der Waals surface area contributed by atoms with Crippen molar-refractivity contribution in [3.63, 3.8) is 0 Å². The van der Waals surface area contributed by atoms with Crippen LogP contribution in [-0.2, 0) is 0 Å². The molecule has 664 valence electrons. The summed E-state index contributed by atoms with van der Waals surface area (Å²) in [4.78, 5) is 4.78. The average molecular weight is 1810 g/mol. The van der Waals surface area contributed by atoms with Crippen molar-refractivity contribution in [3.05, 3.63) is 534 Å². The molecule has 0 saturated carbocycles. The summed E-state index contributed by atoms with van der Waals surface area (Å²) in [5.74, 6) is 0. The lowest BCUT2D eigenvalue weighted by Gasteiger charge is -2.28. The van der Waals surface area contributed by atoms with Crippen LogP contribution in [0.15, 0.2) is 543 Å². The molecule has 0 bridgehead atoms. The molecule has 28 rings (SSSR count). The van der Waals surface area contributed by atoms with Gasteiger partial charge in [0.15, 0.2) is 0 Å². The van der Waals surface area contributed by atoms with E-state index in [-0.39, 0.29) is 0 Å². The summed E-state index contributed by atoms with van der Waals surface area (Å²) in [6.45, 7) is 0. The van der Waals surface area contributed by atoms with Crippen molar-refractivity contribution in [2.24, 2.45) is 0 Å². The zero-order chi connectivity index (χ0) is 93.7. The van der Waals surface area contributed by atoms with Gasteiger partial charge in [-0.15, -0.1) is 0 Å². The third-order valence-electron chi connectivity index (χ3n) is 28.8. The molecule has 0 radical (unpaired) electrons. The van der Waals surface area contributed by atoms with Crippen molar-refractivity contribution < 1.29 is 8.83 Å². The number of hydrogen-bond donors (Lipinski definition) is 0. The number of nitrogens with zero attached hydrogens (tertiary/aromatic N) is 4. The van der Waals surface area contributed by atoms with Gasteiger partial charge in [0.2, 0.25) is 0 Å². The Balaban J connectivity index is 0.000000142. The van der Waals surface area contributed by atoms with Crippen LogP contribution >= 0.6 is 0 Å². The molecule has 0 amide bonds. The van der Waals surface area contributed by atoms with Gasteiger partial charge in [0.05, 0.1) is 27.8 Å². The van der Waals surface area contributed by atoms with Gasteiger partial charge in [0.1, 0.15) is 22.3 Å². The minimum absolute atomic E-state index is 0.893. The fourth-order valence-electron chi connectivity index (χ4n) is 21.9. The Morgan fingerprint density at radius 3 is 0.845 bits per heavy atom. The van der Waals surface area contributed by atoms with Crippen LogP contribution in [0.5, 0.6) is 0 Å². The lowest BCUT2D eigenvalue weighted by Crippen LogP contribution is -2.11. The van der Waals surface area contributed by atoms with E-state index in [0.29, 0.717) is 0 Å². The predicted octanol–water partition coefficient (Wildman–Crippen LogP) is 38.3. The van der Waals surface area contributed by atoms with E-state index >= 15 is 0 Å². The average Bonchev–Trinajstić information content (AvgIpc) is 1.72. The molecule has 0 saturated heterocycles. The minimum Gasteiger partial charge on any atom is -0.456 e. The van der Waals surface area contributed by atoms with E-state index in [2.05, 4.69) is 529 Å². The lowest BCUT2D eigenvalue weighted by molar-refractivity contribution is 0.668. The zero-order valence-electron chi connectivity index (χ0n) is 77.4. The van der Waals surface area contributed by atoms with Gasteiger partial charge in [-0.25, -0.2) is 0 Å². The van der Waals surface area contributed by atoms with Gasteiger partial charge in [-0.05, 0) is 302 Å². The Hall–Kier alpha value is -18.9. The van der Waals surface area contributed by atoms with Crippen LogP contribution in [0.2, 0.25) is 0 Å². The third-order valence-corrected chi connectivity index (χ3v) is 28.8. The van der Waals surface area contributed by atoms with Gasteiger partial charge in [-0.2, -0.15) is 0 Å². The second-order valence-corrected chi connectivity index (χ2v) is 36.9. The summed E-state index contributed by atoms with van der Waals surface area (Å²) in [6, 6.07) is 194. The van der Waals surface area contributed by atoms with Crippen molar-refractivity contribution in [1.29, 1.82) is 0 Å². The molecular weight excluding hydrogens is 1720 g/mol. The van der Waals surface area contributed by atoms with Crippen LogP contribution in [0.3, 0.4) is 0 Å². The van der Waals surface area contributed by atoms with Gasteiger partial charge in [0, 0.05) is 88.5 Å². The third kappa shape index (κ3) is 14.6. The van der Waals surface area contributed by atoms with E-state index in [0.717, 1.165) is 128 Å². The maximum absolute atomic E-state index is 6.31. The summed E-state index contributed by atoms with van der Waals surface area (Å²) < 4.78 is 17.3. The molecule has 24 aromatic carbocycles. The molecule has 0 aliphatic rings. The van der Waals surface area contributed by atoms with Gasteiger partial charge >= 0.3 is 0 Å². The summed E-state index contributed by atoms with van der Waals surface area (Å²) in [6.07, 6.45) is 0. The SMILES string of the molecule is c1cc(-c2ccc(N(c3ccc(-c4ccc5c(c4)oc4ccccc45)cc3)c3cccc(-c4cc5ccccc5c5ccccc45)c3)cc2)cc(-c2ccc(-n3c4ccccc4c4ccccc43)cc2)c1.c1cc(-c2ccc(N(c3ccc(-c4ccc5c(c4)oc4ccccc45)cc3)c3ccccc3-c3cc4ccccc4c4ccccc34)cc2)cc(-c2ccc(-n3c4ccccc4c4ccccc43)cc2)c1. The monoisotopic (exact) mass is 1810 g/mol. The first-order chi connectivity index (χ1) is 70.4. The number of aromatic nitrogens is 2. The maximum Gasteiger partial charge on any atom is 0.136 e. The lowest BCUT2D eigenvalue weighted by atomic mass is 9.92. The molecule has 0 spiro atoms. The number of anilines is 6. The first kappa shape index (κ1) is 82.6. The Morgan fingerprint density at radius 2 is 0.430 bits per heavy atom. The molecule has 0 N–H and O–H groups in total. The van der Waals surface area contributed by atoms with Crippen LogP contribution in [0.4, 0.5) is 34.1 Å². The highest BCUT2D eigenvalue weighted by Gasteiger charge is 2.24. The molecule has 0 aliphatic carbocycles. The smallest absolute Gasteiger partial charge is 0.136 e. The first-order valence-electron chi connectivity index (χ1n) is 48.6. The molecule has 28 aromatic rings. The molecule has 142 heavy (non-hydrogen) atoms. The highest BCUT2D eigenvalue weighted by Crippen LogP contribution is 2.49. The predicted molar refractivity (Wildman–Crippen MR) is 599 cm³/mol. The summed E-state index contributed by atoms with van der Waals surface area (Å²) in [7, 11) is 0. The van der Waals surface area contributed by atoms with Crippen molar-refractivity contribution in [2.75, 3.05) is 9.80 Å². The van der Waals surface area contributed by atoms with Crippen molar-refractivity contribution in [1.82, 2.24) is 9.13 Å². The van der Waals surface area contributed by atoms with E-state index in [4.69, 9.17) is 8.83 Å². The molecular formula is C136H88N4O2. The minimum atomic E-state index is 0.893. The van der Waals surface area contributed by atoms with Crippen molar-refractivity contribution in [3.8, 4) is 100 Å². The topological polar surface area (TPSA) is 42.6 Å². The summed E-state index contributed by atoms with van der Waals surface area (Å²) in [5.41, 5.74) is 35.8. The van der Waals surface area contributed by atoms with Crippen molar-refractivity contribution in [2.45, 2.75) is 0 Å². The Morgan fingerprint density at radius 1 is 0.141 bits per heavy atom. The fraction of sp³-hybridized carbons (Fsp3) is 0. The maximum atomic E-state index is 6.31. The highest BCUT2D eigenvalue weighted by molar-refractivity contribution is 6.18. The summed E-state index contributed by atoms with van der Waals surface area (Å²) in [5, 5.41) is 19.6. The zero-order valence-corrected chi connectivity index (χ0v) is 77.4. The van der Waals surface area contributed by atoms with Crippen molar-refractivity contribution >= 4 is 165 Å². The number of para-hydroxylation sites is 7. The Bertz CT molecular complexity index is 9680. The van der Waals surface area contributed by atoms with E-state index in [1.165, 1.54) is 137 Å². The molecule has 0 aliphatic heterocycles. The molecule has 4 heterocycles. The van der Waals surface area contributed by atoms with Crippen LogP contribution in [0.25, 0.3) is 231 Å². The number of fused-ring (bicyclic) bond motifs is 18. The van der Waals surface area contributed by atoms with E-state index < -0.39 is 0 Å².